The van der Waals surface area contributed by atoms with E-state index in [9.17, 15) is 0 Å². The van der Waals surface area contributed by atoms with E-state index in [0.29, 0.717) is 0 Å². The Bertz CT molecular complexity index is 538. The Balaban J connectivity index is 2.41. The van der Waals surface area contributed by atoms with Crippen LogP contribution in [0.1, 0.15) is 29.0 Å². The lowest BCUT2D eigenvalue weighted by molar-refractivity contribution is 0.639. The Morgan fingerprint density at radius 3 is 2.72 bits per heavy atom. The first-order valence-electron chi connectivity index (χ1n) is 5.85. The molecule has 0 radical (unpaired) electrons. The molecule has 18 heavy (non-hydrogen) atoms. The first-order valence-corrected chi connectivity index (χ1v) is 7.91. The summed E-state index contributed by atoms with van der Waals surface area (Å²) < 4.78 is 1.13. The number of benzene rings is 1. The van der Waals surface area contributed by atoms with Gasteiger partial charge in [-0.05, 0) is 42.1 Å². The maximum atomic E-state index is 6.25. The molecule has 0 aliphatic heterocycles. The molecule has 0 amide bonds. The van der Waals surface area contributed by atoms with Crippen molar-refractivity contribution >= 4 is 38.9 Å². The smallest absolute Gasteiger partial charge is 0.0686 e. The van der Waals surface area contributed by atoms with Gasteiger partial charge in [-0.1, -0.05) is 46.6 Å². The van der Waals surface area contributed by atoms with E-state index in [2.05, 4.69) is 53.3 Å². The van der Waals surface area contributed by atoms with Gasteiger partial charge in [-0.2, -0.15) is 0 Å². The molecule has 0 saturated carbocycles. The van der Waals surface area contributed by atoms with Gasteiger partial charge in [0.05, 0.1) is 11.1 Å². The summed E-state index contributed by atoms with van der Waals surface area (Å²) in [6.45, 7) is 5.11. The van der Waals surface area contributed by atoms with E-state index in [1.54, 1.807) is 11.3 Å². The summed E-state index contributed by atoms with van der Waals surface area (Å²) in [6.07, 6.45) is 0. The number of nitrogens with one attached hydrogen (secondary N) is 1. The predicted molar refractivity (Wildman–Crippen MR) is 83.7 cm³/mol. The second-order valence-electron chi connectivity index (χ2n) is 4.13. The van der Waals surface area contributed by atoms with E-state index in [4.69, 9.17) is 11.6 Å². The summed E-state index contributed by atoms with van der Waals surface area (Å²) in [6, 6.07) is 8.57. The van der Waals surface area contributed by atoms with Crippen LogP contribution in [0.4, 0.5) is 0 Å². The standard InChI is InChI=1S/C14H15BrClNS/c1-3-17-13(14-12(16)6-7-18-14)10-5-4-9(2)11(15)8-10/h4-8,13,17H,3H2,1-2H3. The lowest BCUT2D eigenvalue weighted by Crippen LogP contribution is -2.21. The first-order chi connectivity index (χ1) is 8.63. The van der Waals surface area contributed by atoms with Crippen LogP contribution in [0.5, 0.6) is 0 Å². The third-order valence-corrected chi connectivity index (χ3v) is 5.12. The summed E-state index contributed by atoms with van der Waals surface area (Å²) in [5, 5.41) is 6.36. The lowest BCUT2D eigenvalue weighted by atomic mass is 10.0. The Kier molecular flexibility index (Phi) is 4.84. The summed E-state index contributed by atoms with van der Waals surface area (Å²) in [4.78, 5) is 1.18. The molecule has 0 bridgehead atoms. The molecule has 2 aromatic rings. The zero-order valence-corrected chi connectivity index (χ0v) is 13.5. The van der Waals surface area contributed by atoms with Crippen molar-refractivity contribution in [1.29, 1.82) is 0 Å². The van der Waals surface area contributed by atoms with Gasteiger partial charge in [-0.3, -0.25) is 0 Å². The van der Waals surface area contributed by atoms with Crippen molar-refractivity contribution < 1.29 is 0 Å². The first kappa shape index (κ1) is 14.1. The molecule has 0 saturated heterocycles. The highest BCUT2D eigenvalue weighted by molar-refractivity contribution is 9.10. The fourth-order valence-corrected chi connectivity index (χ4v) is 3.53. The fraction of sp³-hybridized carbons (Fsp3) is 0.286. The Morgan fingerprint density at radius 1 is 1.39 bits per heavy atom. The molecule has 4 heteroatoms. The molecular weight excluding hydrogens is 330 g/mol. The van der Waals surface area contributed by atoms with Crippen LogP contribution in [0.2, 0.25) is 5.02 Å². The zero-order valence-electron chi connectivity index (χ0n) is 10.3. The third-order valence-electron chi connectivity index (χ3n) is 2.84. The van der Waals surface area contributed by atoms with Gasteiger partial charge in [0, 0.05) is 9.35 Å². The molecule has 1 atom stereocenters. The number of hydrogen-bond donors (Lipinski definition) is 1. The highest BCUT2D eigenvalue weighted by Gasteiger charge is 2.17. The van der Waals surface area contributed by atoms with Crippen molar-refractivity contribution in [3.05, 3.63) is 55.1 Å². The van der Waals surface area contributed by atoms with Crippen LogP contribution in [0, 0.1) is 6.92 Å². The number of thiophene rings is 1. The zero-order chi connectivity index (χ0) is 13.1. The third kappa shape index (κ3) is 2.97. The largest absolute Gasteiger partial charge is 0.306 e. The Morgan fingerprint density at radius 2 is 2.17 bits per heavy atom. The van der Waals surface area contributed by atoms with E-state index >= 15 is 0 Å². The average molecular weight is 345 g/mol. The van der Waals surface area contributed by atoms with Gasteiger partial charge < -0.3 is 5.32 Å². The van der Waals surface area contributed by atoms with E-state index in [1.165, 1.54) is 16.0 Å². The molecule has 1 heterocycles. The number of hydrogen-bond acceptors (Lipinski definition) is 2. The number of rotatable bonds is 4. The van der Waals surface area contributed by atoms with Crippen LogP contribution in [-0.4, -0.2) is 6.54 Å². The van der Waals surface area contributed by atoms with Gasteiger partial charge in [0.15, 0.2) is 0 Å². The summed E-state index contributed by atoms with van der Waals surface area (Å²) in [5.41, 5.74) is 2.48. The van der Waals surface area contributed by atoms with Crippen molar-refractivity contribution in [3.63, 3.8) is 0 Å². The molecule has 1 N–H and O–H groups in total. The average Bonchev–Trinajstić information content (AvgIpc) is 2.76. The Labute approximate surface area is 125 Å². The minimum Gasteiger partial charge on any atom is -0.306 e. The molecule has 1 aromatic heterocycles. The SMILES string of the molecule is CCNC(c1ccc(C)c(Br)c1)c1sccc1Cl. The van der Waals surface area contributed by atoms with Crippen molar-refractivity contribution in [2.45, 2.75) is 19.9 Å². The molecule has 0 fully saturated rings. The van der Waals surface area contributed by atoms with Gasteiger partial charge in [0.1, 0.15) is 0 Å². The molecule has 0 aliphatic rings. The second-order valence-corrected chi connectivity index (χ2v) is 6.34. The fourth-order valence-electron chi connectivity index (χ4n) is 1.87. The van der Waals surface area contributed by atoms with Gasteiger partial charge >= 0.3 is 0 Å². The maximum Gasteiger partial charge on any atom is 0.0686 e. The minimum atomic E-state index is 0.166. The van der Waals surface area contributed by atoms with Crippen molar-refractivity contribution in [1.82, 2.24) is 5.32 Å². The molecule has 0 aliphatic carbocycles. The van der Waals surface area contributed by atoms with Crippen LogP contribution in [0.3, 0.4) is 0 Å². The number of aryl methyl sites for hydroxylation is 1. The minimum absolute atomic E-state index is 0.166. The molecule has 1 unspecified atom stereocenters. The quantitative estimate of drug-likeness (QED) is 0.806. The van der Waals surface area contributed by atoms with E-state index in [1.807, 2.05) is 11.4 Å². The summed E-state index contributed by atoms with van der Waals surface area (Å²) >= 11 is 11.5. The van der Waals surface area contributed by atoms with Crippen LogP contribution in [0.25, 0.3) is 0 Å². The predicted octanol–water partition coefficient (Wildman–Crippen LogP) is 5.17. The maximum absolute atomic E-state index is 6.25. The highest BCUT2D eigenvalue weighted by atomic mass is 79.9. The van der Waals surface area contributed by atoms with Crippen molar-refractivity contribution in [2.24, 2.45) is 0 Å². The normalized spacial score (nSPS) is 12.7. The van der Waals surface area contributed by atoms with Crippen LogP contribution in [0.15, 0.2) is 34.1 Å². The molecular formula is C14H15BrClNS. The monoisotopic (exact) mass is 343 g/mol. The van der Waals surface area contributed by atoms with Gasteiger partial charge in [0.25, 0.3) is 0 Å². The summed E-state index contributed by atoms with van der Waals surface area (Å²) in [7, 11) is 0. The van der Waals surface area contributed by atoms with E-state index in [0.717, 1.165) is 16.0 Å². The Hall–Kier alpha value is -0.350. The van der Waals surface area contributed by atoms with Gasteiger partial charge in [-0.25, -0.2) is 0 Å². The van der Waals surface area contributed by atoms with Crippen molar-refractivity contribution in [3.8, 4) is 0 Å². The van der Waals surface area contributed by atoms with Crippen LogP contribution in [-0.2, 0) is 0 Å². The molecule has 2 rings (SSSR count). The molecule has 1 aromatic carbocycles. The van der Waals surface area contributed by atoms with Crippen molar-refractivity contribution in [2.75, 3.05) is 6.54 Å². The van der Waals surface area contributed by atoms with E-state index in [-0.39, 0.29) is 6.04 Å². The summed E-state index contributed by atoms with van der Waals surface area (Å²) in [5.74, 6) is 0. The second kappa shape index (κ2) is 6.20. The molecule has 0 spiro atoms. The van der Waals surface area contributed by atoms with Crippen LogP contribution >= 0.6 is 38.9 Å². The highest BCUT2D eigenvalue weighted by Crippen LogP contribution is 2.34. The molecule has 96 valence electrons. The van der Waals surface area contributed by atoms with Crippen LogP contribution < -0.4 is 5.32 Å². The number of halogens is 2. The lowest BCUT2D eigenvalue weighted by Gasteiger charge is -2.18. The van der Waals surface area contributed by atoms with E-state index < -0.39 is 0 Å². The van der Waals surface area contributed by atoms with Gasteiger partial charge in [0.2, 0.25) is 0 Å². The molecule has 1 nitrogen and oxygen atoms in total. The van der Waals surface area contributed by atoms with Gasteiger partial charge in [-0.15, -0.1) is 11.3 Å². The topological polar surface area (TPSA) is 12.0 Å².